The van der Waals surface area contributed by atoms with Gasteiger partial charge in [-0.2, -0.15) is 5.10 Å². The van der Waals surface area contributed by atoms with E-state index in [4.69, 9.17) is 4.74 Å². The fourth-order valence-electron chi connectivity index (χ4n) is 3.28. The fourth-order valence-corrected chi connectivity index (χ4v) is 3.28. The van der Waals surface area contributed by atoms with Gasteiger partial charge in [-0.25, -0.2) is 0 Å². The second-order valence-electron chi connectivity index (χ2n) is 6.25. The van der Waals surface area contributed by atoms with Crippen molar-refractivity contribution in [2.75, 3.05) is 0 Å². The second-order valence-corrected chi connectivity index (χ2v) is 6.25. The molecule has 0 fully saturated rings. The molecule has 0 radical (unpaired) electrons. The number of hydrogen-bond donors (Lipinski definition) is 1. The fraction of sp³-hybridized carbons (Fsp3) is 0.150. The Labute approximate surface area is 149 Å². The zero-order valence-corrected chi connectivity index (χ0v) is 14.0. The average Bonchev–Trinajstić information content (AvgIpc) is 3.08. The van der Waals surface area contributed by atoms with Gasteiger partial charge >= 0.3 is 5.97 Å². The predicted octanol–water partition coefficient (Wildman–Crippen LogP) is 2.80. The number of carbonyl (C=O) groups excluding carboxylic acids is 2. The number of phenols is 1. The van der Waals surface area contributed by atoms with Crippen molar-refractivity contribution in [2.45, 2.75) is 12.3 Å². The standard InChI is InChI=1S/C20H16N2O4/c1-22-11-13(10-21-22)15-9-17(23)26-16-8-7-14(20(25)18(15)16)19(24)12-5-3-2-4-6-12/h2-8,10-11,15,25H,9H2,1H3/t15-/m1/s1. The molecule has 0 bridgehead atoms. The van der Waals surface area contributed by atoms with Gasteiger partial charge in [-0.1, -0.05) is 30.3 Å². The van der Waals surface area contributed by atoms with Crippen molar-refractivity contribution in [3.63, 3.8) is 0 Å². The molecule has 1 N–H and O–H groups in total. The van der Waals surface area contributed by atoms with Gasteiger partial charge in [0.15, 0.2) is 5.78 Å². The lowest BCUT2D eigenvalue weighted by Gasteiger charge is -2.25. The van der Waals surface area contributed by atoms with E-state index in [9.17, 15) is 14.7 Å². The van der Waals surface area contributed by atoms with Gasteiger partial charge in [0.1, 0.15) is 11.5 Å². The van der Waals surface area contributed by atoms with Crippen LogP contribution in [-0.2, 0) is 11.8 Å². The summed E-state index contributed by atoms with van der Waals surface area (Å²) in [6.07, 6.45) is 3.52. The SMILES string of the molecule is Cn1cc([C@H]2CC(=O)Oc3ccc(C(=O)c4ccccc4)c(O)c32)cn1. The third-order valence-electron chi connectivity index (χ3n) is 4.53. The molecular weight excluding hydrogens is 332 g/mol. The number of hydrogen-bond acceptors (Lipinski definition) is 5. The van der Waals surface area contributed by atoms with E-state index in [1.54, 1.807) is 54.5 Å². The van der Waals surface area contributed by atoms with Gasteiger partial charge in [-0.05, 0) is 17.7 Å². The largest absolute Gasteiger partial charge is 0.507 e. The maximum atomic E-state index is 12.8. The quantitative estimate of drug-likeness (QED) is 0.447. The summed E-state index contributed by atoms with van der Waals surface area (Å²) in [5.41, 5.74) is 1.89. The minimum atomic E-state index is -0.413. The van der Waals surface area contributed by atoms with Crippen molar-refractivity contribution in [3.05, 3.63) is 77.1 Å². The summed E-state index contributed by atoms with van der Waals surface area (Å²) < 4.78 is 6.90. The van der Waals surface area contributed by atoms with Crippen LogP contribution in [0.1, 0.15) is 39.4 Å². The topological polar surface area (TPSA) is 81.4 Å². The summed E-state index contributed by atoms with van der Waals surface area (Å²) in [6.45, 7) is 0. The molecule has 4 rings (SSSR count). The molecule has 130 valence electrons. The molecule has 6 heteroatoms. The molecule has 2 aromatic carbocycles. The van der Waals surface area contributed by atoms with Crippen LogP contribution in [0.25, 0.3) is 0 Å². The van der Waals surface area contributed by atoms with Gasteiger partial charge in [-0.15, -0.1) is 0 Å². The number of nitrogens with zero attached hydrogens (tertiary/aromatic N) is 2. The molecular formula is C20H16N2O4. The van der Waals surface area contributed by atoms with E-state index in [0.717, 1.165) is 5.56 Å². The monoisotopic (exact) mass is 348 g/mol. The highest BCUT2D eigenvalue weighted by Gasteiger charge is 2.34. The van der Waals surface area contributed by atoms with Crippen LogP contribution < -0.4 is 4.74 Å². The number of aromatic nitrogens is 2. The van der Waals surface area contributed by atoms with Gasteiger partial charge in [0.2, 0.25) is 0 Å². The number of carbonyl (C=O) groups is 2. The van der Waals surface area contributed by atoms with Gasteiger partial charge in [0, 0.05) is 30.3 Å². The van der Waals surface area contributed by atoms with Crippen LogP contribution in [0, 0.1) is 0 Å². The first kappa shape index (κ1) is 16.1. The highest BCUT2D eigenvalue weighted by Crippen LogP contribution is 2.45. The first-order valence-electron chi connectivity index (χ1n) is 8.19. The summed E-state index contributed by atoms with van der Waals surface area (Å²) in [6, 6.07) is 11.8. The van der Waals surface area contributed by atoms with E-state index >= 15 is 0 Å². The summed E-state index contributed by atoms with van der Waals surface area (Å²) in [5, 5.41) is 15.0. The van der Waals surface area contributed by atoms with Crippen LogP contribution in [0.2, 0.25) is 0 Å². The molecule has 26 heavy (non-hydrogen) atoms. The molecule has 0 amide bonds. The third-order valence-corrected chi connectivity index (χ3v) is 4.53. The maximum Gasteiger partial charge on any atom is 0.312 e. The lowest BCUT2D eigenvalue weighted by molar-refractivity contribution is -0.135. The molecule has 0 saturated heterocycles. The van der Waals surface area contributed by atoms with Crippen molar-refractivity contribution in [2.24, 2.45) is 7.05 Å². The highest BCUT2D eigenvalue weighted by atomic mass is 16.5. The molecule has 3 aromatic rings. The normalized spacial score (nSPS) is 16.0. The number of benzene rings is 2. The number of rotatable bonds is 3. The van der Waals surface area contributed by atoms with Crippen LogP contribution in [0.3, 0.4) is 0 Å². The Kier molecular flexibility index (Phi) is 3.80. The van der Waals surface area contributed by atoms with Crippen LogP contribution in [-0.4, -0.2) is 26.6 Å². The van der Waals surface area contributed by atoms with Crippen molar-refractivity contribution >= 4 is 11.8 Å². The average molecular weight is 348 g/mol. The van der Waals surface area contributed by atoms with Gasteiger partial charge in [0.25, 0.3) is 0 Å². The Morgan fingerprint density at radius 1 is 1.23 bits per heavy atom. The minimum Gasteiger partial charge on any atom is -0.507 e. The first-order valence-corrected chi connectivity index (χ1v) is 8.19. The van der Waals surface area contributed by atoms with Crippen LogP contribution in [0.4, 0.5) is 0 Å². The highest BCUT2D eigenvalue weighted by molar-refractivity contribution is 6.11. The molecule has 6 nitrogen and oxygen atoms in total. The third kappa shape index (κ3) is 2.65. The van der Waals surface area contributed by atoms with E-state index in [-0.39, 0.29) is 35.2 Å². The Hall–Kier alpha value is -3.41. The molecule has 0 saturated carbocycles. The molecule has 0 aliphatic carbocycles. The van der Waals surface area contributed by atoms with E-state index in [1.165, 1.54) is 6.07 Å². The minimum absolute atomic E-state index is 0.0786. The lowest BCUT2D eigenvalue weighted by Crippen LogP contribution is -2.21. The molecule has 1 aromatic heterocycles. The first-order chi connectivity index (χ1) is 12.5. The summed E-state index contributed by atoms with van der Waals surface area (Å²) in [7, 11) is 1.78. The van der Waals surface area contributed by atoms with E-state index in [1.807, 2.05) is 6.07 Å². The van der Waals surface area contributed by atoms with Crippen molar-refractivity contribution < 1.29 is 19.4 Å². The molecule has 1 atom stereocenters. The van der Waals surface area contributed by atoms with Gasteiger partial charge < -0.3 is 9.84 Å². The Morgan fingerprint density at radius 2 is 2.00 bits per heavy atom. The summed E-state index contributed by atoms with van der Waals surface area (Å²) in [4.78, 5) is 24.8. The smallest absolute Gasteiger partial charge is 0.312 e. The zero-order chi connectivity index (χ0) is 18.3. The van der Waals surface area contributed by atoms with Gasteiger partial charge in [-0.3, -0.25) is 14.3 Å². The predicted molar refractivity (Wildman–Crippen MR) is 93.3 cm³/mol. The molecule has 0 spiro atoms. The van der Waals surface area contributed by atoms with Crippen molar-refractivity contribution in [1.82, 2.24) is 9.78 Å². The number of esters is 1. The van der Waals surface area contributed by atoms with E-state index in [2.05, 4.69) is 5.10 Å². The number of aromatic hydroxyl groups is 1. The van der Waals surface area contributed by atoms with Crippen LogP contribution in [0.15, 0.2) is 54.9 Å². The number of ketones is 1. The second kappa shape index (κ2) is 6.15. The van der Waals surface area contributed by atoms with Crippen molar-refractivity contribution in [3.8, 4) is 11.5 Å². The Balaban J connectivity index is 1.84. The number of phenolic OH excluding ortho intramolecular Hbond substituents is 1. The number of aryl methyl sites for hydroxylation is 1. The molecule has 1 aliphatic rings. The lowest BCUT2D eigenvalue weighted by atomic mass is 9.85. The number of fused-ring (bicyclic) bond motifs is 1. The number of ether oxygens (including phenoxy) is 1. The summed E-state index contributed by atoms with van der Waals surface area (Å²) in [5.74, 6) is -0.959. The van der Waals surface area contributed by atoms with E-state index in [0.29, 0.717) is 11.1 Å². The molecule has 0 unspecified atom stereocenters. The van der Waals surface area contributed by atoms with E-state index < -0.39 is 5.92 Å². The van der Waals surface area contributed by atoms with Crippen LogP contribution in [0.5, 0.6) is 11.5 Å². The zero-order valence-electron chi connectivity index (χ0n) is 14.0. The van der Waals surface area contributed by atoms with Crippen molar-refractivity contribution in [1.29, 1.82) is 0 Å². The van der Waals surface area contributed by atoms with Crippen LogP contribution >= 0.6 is 0 Å². The molecule has 2 heterocycles. The molecule has 1 aliphatic heterocycles. The van der Waals surface area contributed by atoms with Gasteiger partial charge in [0.05, 0.1) is 18.2 Å². The Bertz CT molecular complexity index is 1010. The Morgan fingerprint density at radius 3 is 2.69 bits per heavy atom. The summed E-state index contributed by atoms with van der Waals surface area (Å²) >= 11 is 0. The maximum absolute atomic E-state index is 12.8.